The summed E-state index contributed by atoms with van der Waals surface area (Å²) in [6.45, 7) is 4.42. The lowest BCUT2D eigenvalue weighted by Crippen LogP contribution is -2.49. The van der Waals surface area contributed by atoms with Gasteiger partial charge in [-0.1, -0.05) is 38.7 Å². The smallest absolute Gasteiger partial charge is 0.251 e. The summed E-state index contributed by atoms with van der Waals surface area (Å²) in [6, 6.07) is 6.01. The lowest BCUT2D eigenvalue weighted by molar-refractivity contribution is -0.122. The molecule has 1 fully saturated rings. The Kier molecular flexibility index (Phi) is 7.79. The predicted molar refractivity (Wildman–Crippen MR) is 104 cm³/mol. The molecule has 0 saturated carbocycles. The number of benzene rings is 1. The van der Waals surface area contributed by atoms with Crippen molar-refractivity contribution in [2.24, 2.45) is 0 Å². The monoisotopic (exact) mass is 395 g/mol. The topological polar surface area (TPSA) is 95.6 Å². The Hall–Kier alpha value is -1.93. The van der Waals surface area contributed by atoms with Crippen LogP contribution in [0.3, 0.4) is 0 Å². The zero-order chi connectivity index (χ0) is 19.9. The normalized spacial score (nSPS) is 16.6. The number of piperazine rings is 1. The molecule has 7 nitrogen and oxygen atoms in total. The first-order valence-electron chi connectivity index (χ1n) is 9.52. The standard InChI is InChI=1S/C19H29N3O4S/c1-3-4-5-6-8-15(2)21-19(24)16-9-7-10-17(13-16)27(25,26)22-12-11-20-18(23)14-22/h7,9-10,13,15H,3-6,8,11-12,14H2,1-2H3,(H,20,23)(H,21,24)/t15-/m0/s1. The molecule has 1 aromatic carbocycles. The van der Waals surface area contributed by atoms with Gasteiger partial charge < -0.3 is 10.6 Å². The van der Waals surface area contributed by atoms with Crippen molar-refractivity contribution >= 4 is 21.8 Å². The quantitative estimate of drug-likeness (QED) is 0.624. The van der Waals surface area contributed by atoms with E-state index in [2.05, 4.69) is 17.6 Å². The van der Waals surface area contributed by atoms with Gasteiger partial charge in [0.05, 0.1) is 11.4 Å². The minimum atomic E-state index is -3.81. The van der Waals surface area contributed by atoms with Crippen LogP contribution in [0.5, 0.6) is 0 Å². The maximum absolute atomic E-state index is 12.7. The van der Waals surface area contributed by atoms with Crippen LogP contribution in [-0.4, -0.2) is 50.2 Å². The van der Waals surface area contributed by atoms with Gasteiger partial charge in [0.2, 0.25) is 15.9 Å². The summed E-state index contributed by atoms with van der Waals surface area (Å²) in [5.74, 6) is -0.609. The molecule has 1 aromatic rings. The fourth-order valence-electron chi connectivity index (χ4n) is 3.02. The summed E-state index contributed by atoms with van der Waals surface area (Å²) >= 11 is 0. The third kappa shape index (κ3) is 6.04. The van der Waals surface area contributed by atoms with Crippen LogP contribution >= 0.6 is 0 Å². The molecule has 2 N–H and O–H groups in total. The molecule has 8 heteroatoms. The van der Waals surface area contributed by atoms with Crippen molar-refractivity contribution in [1.82, 2.24) is 14.9 Å². The van der Waals surface area contributed by atoms with Crippen LogP contribution in [-0.2, 0) is 14.8 Å². The first-order valence-corrected chi connectivity index (χ1v) is 11.0. The highest BCUT2D eigenvalue weighted by molar-refractivity contribution is 7.89. The Morgan fingerprint density at radius 3 is 2.78 bits per heavy atom. The largest absolute Gasteiger partial charge is 0.354 e. The molecule has 0 radical (unpaired) electrons. The number of carbonyl (C=O) groups is 2. The summed E-state index contributed by atoms with van der Waals surface area (Å²) in [5, 5.41) is 5.53. The molecule has 1 aliphatic heterocycles. The van der Waals surface area contributed by atoms with Crippen LogP contribution in [0.4, 0.5) is 0 Å². The van der Waals surface area contributed by atoms with Crippen molar-refractivity contribution in [3.8, 4) is 0 Å². The number of amides is 2. The molecule has 0 unspecified atom stereocenters. The van der Waals surface area contributed by atoms with E-state index in [1.54, 1.807) is 12.1 Å². The predicted octanol–water partition coefficient (Wildman–Crippen LogP) is 1.90. The highest BCUT2D eigenvalue weighted by Gasteiger charge is 2.29. The van der Waals surface area contributed by atoms with Crippen LogP contribution < -0.4 is 10.6 Å². The van der Waals surface area contributed by atoms with Crippen LogP contribution in [0.25, 0.3) is 0 Å². The Labute approximate surface area is 161 Å². The van der Waals surface area contributed by atoms with Crippen molar-refractivity contribution in [3.05, 3.63) is 29.8 Å². The molecule has 27 heavy (non-hydrogen) atoms. The van der Waals surface area contributed by atoms with Crippen molar-refractivity contribution < 1.29 is 18.0 Å². The van der Waals surface area contributed by atoms with Crippen LogP contribution in [0.1, 0.15) is 56.3 Å². The molecule has 0 aromatic heterocycles. The minimum absolute atomic E-state index is 0.0282. The lowest BCUT2D eigenvalue weighted by atomic mass is 10.1. The van der Waals surface area contributed by atoms with Crippen molar-refractivity contribution in [3.63, 3.8) is 0 Å². The Bertz CT molecular complexity index is 764. The molecule has 0 aliphatic carbocycles. The maximum atomic E-state index is 12.7. The Morgan fingerprint density at radius 2 is 2.07 bits per heavy atom. The highest BCUT2D eigenvalue weighted by Crippen LogP contribution is 2.18. The number of hydrogen-bond donors (Lipinski definition) is 2. The summed E-state index contributed by atoms with van der Waals surface area (Å²) in [5.41, 5.74) is 0.304. The number of nitrogens with one attached hydrogen (secondary N) is 2. The Morgan fingerprint density at radius 1 is 1.30 bits per heavy atom. The van der Waals surface area contributed by atoms with E-state index < -0.39 is 10.0 Å². The van der Waals surface area contributed by atoms with Gasteiger partial charge in [0.1, 0.15) is 0 Å². The average Bonchev–Trinajstić information content (AvgIpc) is 2.65. The van der Waals surface area contributed by atoms with Crippen molar-refractivity contribution in [2.45, 2.75) is 56.9 Å². The highest BCUT2D eigenvalue weighted by atomic mass is 32.2. The fourth-order valence-corrected chi connectivity index (χ4v) is 4.47. The van der Waals surface area contributed by atoms with Crippen molar-refractivity contribution in [1.29, 1.82) is 0 Å². The van der Waals surface area contributed by atoms with Gasteiger partial charge in [-0.15, -0.1) is 0 Å². The molecule has 1 heterocycles. The first-order chi connectivity index (χ1) is 12.8. The molecule has 2 rings (SSSR count). The van der Waals surface area contributed by atoms with E-state index in [1.165, 1.54) is 25.0 Å². The number of rotatable bonds is 9. The van der Waals surface area contributed by atoms with E-state index in [-0.39, 0.29) is 42.4 Å². The molecule has 150 valence electrons. The van der Waals surface area contributed by atoms with Gasteiger partial charge in [0.25, 0.3) is 5.91 Å². The number of sulfonamides is 1. The van der Waals surface area contributed by atoms with E-state index in [0.717, 1.165) is 23.6 Å². The summed E-state index contributed by atoms with van der Waals surface area (Å²) < 4.78 is 26.6. The van der Waals surface area contributed by atoms with Gasteiger partial charge in [-0.05, 0) is 31.5 Å². The second-order valence-corrected chi connectivity index (χ2v) is 8.88. The van der Waals surface area contributed by atoms with Crippen LogP contribution in [0.2, 0.25) is 0 Å². The van der Waals surface area contributed by atoms with Gasteiger partial charge in [-0.25, -0.2) is 8.42 Å². The van der Waals surface area contributed by atoms with E-state index in [4.69, 9.17) is 0 Å². The van der Waals surface area contributed by atoms with Gasteiger partial charge >= 0.3 is 0 Å². The number of hydrogen-bond acceptors (Lipinski definition) is 4. The van der Waals surface area contributed by atoms with E-state index >= 15 is 0 Å². The first kappa shape index (κ1) is 21.4. The van der Waals surface area contributed by atoms with Gasteiger partial charge in [0.15, 0.2) is 0 Å². The van der Waals surface area contributed by atoms with Gasteiger partial charge in [0, 0.05) is 24.7 Å². The Balaban J connectivity index is 2.03. The minimum Gasteiger partial charge on any atom is -0.354 e. The van der Waals surface area contributed by atoms with Crippen molar-refractivity contribution in [2.75, 3.05) is 19.6 Å². The summed E-state index contributed by atoms with van der Waals surface area (Å²) in [7, 11) is -3.81. The van der Waals surface area contributed by atoms with Crippen LogP contribution in [0.15, 0.2) is 29.2 Å². The number of carbonyl (C=O) groups excluding carboxylic acids is 2. The summed E-state index contributed by atoms with van der Waals surface area (Å²) in [6.07, 6.45) is 5.46. The third-order valence-corrected chi connectivity index (χ3v) is 6.45. The molecule has 2 amide bonds. The van der Waals surface area contributed by atoms with E-state index in [1.807, 2.05) is 6.92 Å². The van der Waals surface area contributed by atoms with E-state index in [9.17, 15) is 18.0 Å². The summed E-state index contributed by atoms with van der Waals surface area (Å²) in [4.78, 5) is 24.0. The van der Waals surface area contributed by atoms with Gasteiger partial charge in [-0.3, -0.25) is 9.59 Å². The molecular weight excluding hydrogens is 366 g/mol. The molecule has 0 bridgehead atoms. The molecule has 1 atom stereocenters. The zero-order valence-electron chi connectivity index (χ0n) is 16.0. The second-order valence-electron chi connectivity index (χ2n) is 6.94. The molecule has 1 aliphatic rings. The lowest BCUT2D eigenvalue weighted by Gasteiger charge is -2.26. The SMILES string of the molecule is CCCCCC[C@H](C)NC(=O)c1cccc(S(=O)(=O)N2CCNC(=O)C2)c1. The second kappa shape index (κ2) is 9.85. The fraction of sp³-hybridized carbons (Fsp3) is 0.579. The van der Waals surface area contributed by atoms with Gasteiger partial charge in [-0.2, -0.15) is 4.31 Å². The maximum Gasteiger partial charge on any atom is 0.251 e. The number of nitrogens with zero attached hydrogens (tertiary/aromatic N) is 1. The zero-order valence-corrected chi connectivity index (χ0v) is 16.8. The number of unbranched alkanes of at least 4 members (excludes halogenated alkanes) is 3. The molecular formula is C19H29N3O4S. The molecule has 0 spiro atoms. The average molecular weight is 396 g/mol. The van der Waals surface area contributed by atoms with Crippen LogP contribution in [0, 0.1) is 0 Å². The third-order valence-electron chi connectivity index (χ3n) is 4.61. The van der Waals surface area contributed by atoms with E-state index in [0.29, 0.717) is 5.56 Å². The molecule has 1 saturated heterocycles.